The number of hydrogen-bond acceptors (Lipinski definition) is 7. The van der Waals surface area contributed by atoms with E-state index in [0.717, 1.165) is 15.4 Å². The summed E-state index contributed by atoms with van der Waals surface area (Å²) in [6, 6.07) is 1.66. The Morgan fingerprint density at radius 3 is 2.85 bits per heavy atom. The van der Waals surface area contributed by atoms with Gasteiger partial charge in [0.25, 0.3) is 5.91 Å². The Labute approximate surface area is 155 Å². The number of nitrogens with two attached hydrogens (primary N) is 1. The zero-order valence-electron chi connectivity index (χ0n) is 14.7. The molecule has 0 unspecified atom stereocenters. The van der Waals surface area contributed by atoms with Crippen molar-refractivity contribution in [2.75, 3.05) is 42.2 Å². The third-order valence-electron chi connectivity index (χ3n) is 4.78. The van der Waals surface area contributed by atoms with Crippen LogP contribution in [0.3, 0.4) is 0 Å². The number of carbonyl (C=O) groups is 2. The molecule has 0 atom stereocenters. The van der Waals surface area contributed by atoms with Crippen molar-refractivity contribution in [1.29, 1.82) is 0 Å². The number of thiophene rings is 1. The molecule has 4 rings (SSSR count). The summed E-state index contributed by atoms with van der Waals surface area (Å²) in [4.78, 5) is 40.3. The van der Waals surface area contributed by atoms with Crippen molar-refractivity contribution < 1.29 is 9.59 Å². The number of aromatic nitrogens is 2. The maximum absolute atomic E-state index is 12.9. The molecule has 2 aromatic rings. The van der Waals surface area contributed by atoms with E-state index in [9.17, 15) is 9.59 Å². The Morgan fingerprint density at radius 1 is 1.31 bits per heavy atom. The van der Waals surface area contributed by atoms with E-state index in [0.29, 0.717) is 43.4 Å². The number of carbonyl (C=O) groups excluding carboxylic acids is 2. The van der Waals surface area contributed by atoms with Crippen LogP contribution in [0.25, 0.3) is 0 Å². The Hall–Kier alpha value is -2.68. The highest BCUT2D eigenvalue weighted by molar-refractivity contribution is 7.17. The van der Waals surface area contributed by atoms with Gasteiger partial charge in [0.15, 0.2) is 0 Å². The first kappa shape index (κ1) is 16.8. The third kappa shape index (κ3) is 2.59. The molecule has 0 saturated heterocycles. The van der Waals surface area contributed by atoms with Crippen LogP contribution in [0.15, 0.2) is 12.3 Å². The third-order valence-corrected chi connectivity index (χ3v) is 6.02. The highest BCUT2D eigenvalue weighted by Crippen LogP contribution is 2.41. The lowest BCUT2D eigenvalue weighted by Crippen LogP contribution is -2.37. The van der Waals surface area contributed by atoms with Crippen molar-refractivity contribution in [1.82, 2.24) is 14.9 Å². The Morgan fingerprint density at radius 2 is 2.12 bits per heavy atom. The van der Waals surface area contributed by atoms with Gasteiger partial charge in [-0.1, -0.05) is 0 Å². The quantitative estimate of drug-likeness (QED) is 0.849. The summed E-state index contributed by atoms with van der Waals surface area (Å²) >= 11 is 1.53. The van der Waals surface area contributed by atoms with Gasteiger partial charge in [0.1, 0.15) is 17.4 Å². The number of amides is 2. The zero-order chi connectivity index (χ0) is 18.4. The fourth-order valence-electron chi connectivity index (χ4n) is 3.47. The molecule has 2 N–H and O–H groups in total. The minimum atomic E-state index is -0.0737. The summed E-state index contributed by atoms with van der Waals surface area (Å²) in [7, 11) is 1.68. The Balaban J connectivity index is 1.75. The first-order valence-corrected chi connectivity index (χ1v) is 9.35. The molecule has 9 heteroatoms. The van der Waals surface area contributed by atoms with E-state index in [1.165, 1.54) is 16.2 Å². The molecule has 0 saturated carbocycles. The molecular weight excluding hydrogens is 352 g/mol. The maximum Gasteiger partial charge on any atom is 0.257 e. The molecular formula is C17H20N6O2S. The fourth-order valence-corrected chi connectivity index (χ4v) is 4.90. The van der Waals surface area contributed by atoms with Crippen molar-refractivity contribution in [2.45, 2.75) is 19.9 Å². The van der Waals surface area contributed by atoms with Gasteiger partial charge in [-0.25, -0.2) is 4.98 Å². The molecule has 0 fully saturated rings. The Kier molecular flexibility index (Phi) is 4.03. The van der Waals surface area contributed by atoms with Gasteiger partial charge in [0.2, 0.25) is 11.9 Å². The number of nitrogens with zero attached hydrogens (tertiary/aromatic N) is 5. The van der Waals surface area contributed by atoms with Crippen molar-refractivity contribution in [3.63, 3.8) is 0 Å². The van der Waals surface area contributed by atoms with Crippen LogP contribution in [-0.4, -0.2) is 53.4 Å². The molecule has 136 valence electrons. The number of likely N-dealkylation sites (N-methyl/N-ethyl adjacent to an activating group) is 2. The van der Waals surface area contributed by atoms with Gasteiger partial charge < -0.3 is 20.4 Å². The van der Waals surface area contributed by atoms with Crippen LogP contribution in [0.4, 0.5) is 16.8 Å². The molecule has 0 radical (unpaired) electrons. The van der Waals surface area contributed by atoms with Gasteiger partial charge in [-0.2, -0.15) is 4.98 Å². The minimum Gasteiger partial charge on any atom is -0.384 e. The summed E-state index contributed by atoms with van der Waals surface area (Å²) in [5.74, 6) is 0.903. The lowest BCUT2D eigenvalue weighted by atomic mass is 10.0. The second kappa shape index (κ2) is 6.24. The summed E-state index contributed by atoms with van der Waals surface area (Å²) in [6.45, 7) is 3.92. The smallest absolute Gasteiger partial charge is 0.257 e. The largest absolute Gasteiger partial charge is 0.384 e. The fraction of sp³-hybridized carbons (Fsp3) is 0.412. The lowest BCUT2D eigenvalue weighted by Gasteiger charge is -2.27. The molecule has 26 heavy (non-hydrogen) atoms. The molecule has 2 aliphatic heterocycles. The molecule has 4 heterocycles. The number of hydrogen-bond donors (Lipinski definition) is 1. The van der Waals surface area contributed by atoms with Crippen molar-refractivity contribution in [3.8, 4) is 0 Å². The molecule has 8 nitrogen and oxygen atoms in total. The summed E-state index contributed by atoms with van der Waals surface area (Å²) in [6.07, 6.45) is 2.36. The monoisotopic (exact) mass is 372 g/mol. The maximum atomic E-state index is 12.9. The predicted octanol–water partition coefficient (Wildman–Crippen LogP) is 1.12. The SMILES string of the molecule is CCN1C(=O)CN(C)C(=O)c2c1sc1c2CCN(c2nccc(N)n2)C1. The van der Waals surface area contributed by atoms with Crippen molar-refractivity contribution in [3.05, 3.63) is 28.3 Å². The molecule has 0 aromatic carbocycles. The van der Waals surface area contributed by atoms with Gasteiger partial charge in [-0.3, -0.25) is 9.59 Å². The van der Waals surface area contributed by atoms with E-state index in [2.05, 4.69) is 14.9 Å². The van der Waals surface area contributed by atoms with E-state index in [1.807, 2.05) is 6.92 Å². The zero-order valence-corrected chi connectivity index (χ0v) is 15.5. The summed E-state index contributed by atoms with van der Waals surface area (Å²) in [5, 5.41) is 0.771. The van der Waals surface area contributed by atoms with Crippen LogP contribution in [0, 0.1) is 0 Å². The topological polar surface area (TPSA) is 95.7 Å². The standard InChI is InChI=1S/C17H20N6O2S/c1-3-23-13(24)9-21(2)15(25)14-10-5-7-22(8-11(10)26-16(14)23)17-19-6-4-12(18)20-17/h4,6H,3,5,7-9H2,1-2H3,(H2,18,19,20). The second-order valence-electron chi connectivity index (χ2n) is 6.44. The summed E-state index contributed by atoms with van der Waals surface area (Å²) in [5.41, 5.74) is 7.51. The highest BCUT2D eigenvalue weighted by atomic mass is 32.1. The van der Waals surface area contributed by atoms with Crippen molar-refractivity contribution in [2.24, 2.45) is 0 Å². The summed E-state index contributed by atoms with van der Waals surface area (Å²) < 4.78 is 0. The van der Waals surface area contributed by atoms with Crippen LogP contribution in [-0.2, 0) is 17.8 Å². The van der Waals surface area contributed by atoms with Crippen LogP contribution in [0.2, 0.25) is 0 Å². The van der Waals surface area contributed by atoms with Crippen LogP contribution < -0.4 is 15.5 Å². The highest BCUT2D eigenvalue weighted by Gasteiger charge is 2.36. The number of anilines is 3. The van der Waals surface area contributed by atoms with E-state index in [-0.39, 0.29) is 18.4 Å². The van der Waals surface area contributed by atoms with Gasteiger partial charge >= 0.3 is 0 Å². The first-order valence-electron chi connectivity index (χ1n) is 8.53. The van der Waals surface area contributed by atoms with Crippen molar-refractivity contribution >= 4 is 39.9 Å². The average Bonchev–Trinajstić information content (AvgIpc) is 2.95. The van der Waals surface area contributed by atoms with Crippen LogP contribution in [0.5, 0.6) is 0 Å². The molecule has 0 bridgehead atoms. The van der Waals surface area contributed by atoms with Gasteiger partial charge in [0, 0.05) is 31.2 Å². The lowest BCUT2D eigenvalue weighted by molar-refractivity contribution is -0.118. The average molecular weight is 372 g/mol. The molecule has 2 aromatic heterocycles. The van der Waals surface area contributed by atoms with Gasteiger partial charge in [-0.15, -0.1) is 11.3 Å². The van der Waals surface area contributed by atoms with Crippen LogP contribution >= 0.6 is 11.3 Å². The van der Waals surface area contributed by atoms with E-state index in [1.54, 1.807) is 24.2 Å². The molecule has 2 aliphatic rings. The molecule has 0 spiro atoms. The number of nitrogen functional groups attached to an aromatic ring is 1. The first-order chi connectivity index (χ1) is 12.5. The van der Waals surface area contributed by atoms with E-state index in [4.69, 9.17) is 5.73 Å². The van der Waals surface area contributed by atoms with Gasteiger partial charge in [-0.05, 0) is 25.0 Å². The van der Waals surface area contributed by atoms with Crippen LogP contribution in [0.1, 0.15) is 27.7 Å². The predicted molar refractivity (Wildman–Crippen MR) is 101 cm³/mol. The normalized spacial score (nSPS) is 17.2. The number of fused-ring (bicyclic) bond motifs is 3. The van der Waals surface area contributed by atoms with E-state index < -0.39 is 0 Å². The molecule has 2 amide bonds. The van der Waals surface area contributed by atoms with E-state index >= 15 is 0 Å². The van der Waals surface area contributed by atoms with Gasteiger partial charge in [0.05, 0.1) is 12.1 Å². The Bertz CT molecular complexity index is 895. The minimum absolute atomic E-state index is 0.0447. The molecule has 0 aliphatic carbocycles. The number of rotatable bonds is 2. The second-order valence-corrected chi connectivity index (χ2v) is 7.52.